The maximum atomic E-state index is 12.4. The molecule has 2 aromatic carbocycles. The fourth-order valence-corrected chi connectivity index (χ4v) is 2.89. The summed E-state index contributed by atoms with van der Waals surface area (Å²) in [6, 6.07) is 16.0. The first-order valence-electron chi connectivity index (χ1n) is 7.67. The van der Waals surface area contributed by atoms with Crippen molar-refractivity contribution < 1.29 is 13.2 Å². The van der Waals surface area contributed by atoms with Crippen LogP contribution in [0.4, 0.5) is 0 Å². The van der Waals surface area contributed by atoms with E-state index < -0.39 is 15.4 Å². The number of nitrogens with two attached hydrogens (primary N) is 1. The van der Waals surface area contributed by atoms with Crippen molar-refractivity contribution in [2.24, 2.45) is 5.14 Å². The Balaban J connectivity index is 1.93. The van der Waals surface area contributed by atoms with Gasteiger partial charge in [-0.25, -0.2) is 13.6 Å². The zero-order chi connectivity index (χ0) is 17.8. The van der Waals surface area contributed by atoms with Crippen molar-refractivity contribution in [2.75, 3.05) is 6.54 Å². The molecule has 0 radical (unpaired) electrons. The van der Waals surface area contributed by atoms with Crippen molar-refractivity contribution in [3.8, 4) is 0 Å². The van der Waals surface area contributed by atoms with Gasteiger partial charge < -0.3 is 5.32 Å². The first-order chi connectivity index (χ1) is 11.2. The third-order valence-electron chi connectivity index (χ3n) is 4.01. The predicted molar refractivity (Wildman–Crippen MR) is 94.0 cm³/mol. The van der Waals surface area contributed by atoms with Crippen LogP contribution in [0.25, 0.3) is 0 Å². The molecule has 0 unspecified atom stereocenters. The molecule has 0 fully saturated rings. The van der Waals surface area contributed by atoms with Crippen LogP contribution in [0.2, 0.25) is 0 Å². The van der Waals surface area contributed by atoms with E-state index in [0.717, 1.165) is 11.1 Å². The van der Waals surface area contributed by atoms with Gasteiger partial charge >= 0.3 is 0 Å². The zero-order valence-electron chi connectivity index (χ0n) is 13.8. The van der Waals surface area contributed by atoms with E-state index in [1.54, 1.807) is 12.1 Å². The van der Waals surface area contributed by atoms with Gasteiger partial charge in [0.1, 0.15) is 0 Å². The lowest BCUT2D eigenvalue weighted by Gasteiger charge is -2.24. The van der Waals surface area contributed by atoms with Crippen LogP contribution in [-0.4, -0.2) is 20.9 Å². The summed E-state index contributed by atoms with van der Waals surface area (Å²) in [6.45, 7) is 4.25. The maximum absolute atomic E-state index is 12.4. The van der Waals surface area contributed by atoms with Crippen molar-refractivity contribution in [1.29, 1.82) is 0 Å². The highest BCUT2D eigenvalue weighted by atomic mass is 32.2. The number of hydrogen-bond donors (Lipinski definition) is 2. The van der Waals surface area contributed by atoms with Gasteiger partial charge in [0.2, 0.25) is 15.9 Å². The first kappa shape index (κ1) is 18.2. The third-order valence-corrected chi connectivity index (χ3v) is 4.94. The summed E-state index contributed by atoms with van der Waals surface area (Å²) in [7, 11) is -3.67. The number of carbonyl (C=O) groups excluding carboxylic acids is 1. The predicted octanol–water partition coefficient (Wildman–Crippen LogP) is 1.97. The minimum atomic E-state index is -3.67. The summed E-state index contributed by atoms with van der Waals surface area (Å²) in [5, 5.41) is 8.00. The second-order valence-electron chi connectivity index (χ2n) is 6.19. The van der Waals surface area contributed by atoms with E-state index in [-0.39, 0.29) is 10.8 Å². The number of benzene rings is 2. The van der Waals surface area contributed by atoms with Crippen LogP contribution in [0.15, 0.2) is 59.5 Å². The van der Waals surface area contributed by atoms with E-state index in [4.69, 9.17) is 5.14 Å². The molecule has 0 atom stereocenters. The molecule has 0 saturated carbocycles. The smallest absolute Gasteiger partial charge is 0.238 e. The fraction of sp³-hybridized carbons (Fsp3) is 0.278. The number of sulfonamides is 1. The summed E-state index contributed by atoms with van der Waals surface area (Å²) < 4.78 is 22.4. The number of primary sulfonamides is 1. The Bertz CT molecular complexity index is 798. The van der Waals surface area contributed by atoms with E-state index in [0.29, 0.717) is 13.0 Å². The van der Waals surface area contributed by atoms with Gasteiger partial charge in [-0.3, -0.25) is 4.79 Å². The van der Waals surface area contributed by atoms with Crippen molar-refractivity contribution in [1.82, 2.24) is 5.32 Å². The van der Waals surface area contributed by atoms with Crippen LogP contribution in [-0.2, 0) is 26.7 Å². The molecular weight excluding hydrogens is 324 g/mol. The largest absolute Gasteiger partial charge is 0.355 e. The minimum Gasteiger partial charge on any atom is -0.355 e. The summed E-state index contributed by atoms with van der Waals surface area (Å²) in [5.41, 5.74) is 1.28. The molecule has 2 aromatic rings. The standard InChI is InChI=1S/C18H22N2O3S/c1-18(2,15-6-4-3-5-7-15)17(21)20-13-12-14-8-10-16(11-9-14)24(19,22)23/h3-11H,12-13H2,1-2H3,(H,20,21)(H2,19,22,23). The molecular formula is C18H22N2O3S. The van der Waals surface area contributed by atoms with Crippen LogP contribution in [0.1, 0.15) is 25.0 Å². The second kappa shape index (κ2) is 7.15. The molecule has 5 nitrogen and oxygen atoms in total. The highest BCUT2D eigenvalue weighted by molar-refractivity contribution is 7.89. The lowest BCUT2D eigenvalue weighted by molar-refractivity contribution is -0.125. The van der Waals surface area contributed by atoms with Gasteiger partial charge in [-0.1, -0.05) is 42.5 Å². The molecule has 0 aliphatic rings. The quantitative estimate of drug-likeness (QED) is 0.838. The summed E-state index contributed by atoms with van der Waals surface area (Å²) >= 11 is 0. The molecule has 6 heteroatoms. The summed E-state index contributed by atoms with van der Waals surface area (Å²) in [5.74, 6) is -0.0464. The van der Waals surface area contributed by atoms with Gasteiger partial charge in [0.15, 0.2) is 0 Å². The lowest BCUT2D eigenvalue weighted by atomic mass is 9.84. The van der Waals surface area contributed by atoms with Crippen LogP contribution >= 0.6 is 0 Å². The average molecular weight is 346 g/mol. The van der Waals surface area contributed by atoms with Gasteiger partial charge in [-0.15, -0.1) is 0 Å². The molecule has 0 heterocycles. The SMILES string of the molecule is CC(C)(C(=O)NCCc1ccc(S(N)(=O)=O)cc1)c1ccccc1. The van der Waals surface area contributed by atoms with Gasteiger partial charge in [0.05, 0.1) is 10.3 Å². The Morgan fingerprint density at radius 3 is 2.17 bits per heavy atom. The average Bonchev–Trinajstić information content (AvgIpc) is 2.55. The van der Waals surface area contributed by atoms with Gasteiger partial charge in [-0.05, 0) is 43.5 Å². The minimum absolute atomic E-state index is 0.0464. The van der Waals surface area contributed by atoms with Crippen molar-refractivity contribution in [2.45, 2.75) is 30.6 Å². The van der Waals surface area contributed by atoms with Crippen LogP contribution < -0.4 is 10.5 Å². The molecule has 0 saturated heterocycles. The van der Waals surface area contributed by atoms with E-state index >= 15 is 0 Å². The first-order valence-corrected chi connectivity index (χ1v) is 9.21. The summed E-state index contributed by atoms with van der Waals surface area (Å²) in [6.07, 6.45) is 0.613. The third kappa shape index (κ3) is 4.43. The maximum Gasteiger partial charge on any atom is 0.238 e. The molecule has 0 spiro atoms. The van der Waals surface area contributed by atoms with Crippen molar-refractivity contribution >= 4 is 15.9 Å². The van der Waals surface area contributed by atoms with Gasteiger partial charge in [0, 0.05) is 6.54 Å². The number of amides is 1. The monoisotopic (exact) mass is 346 g/mol. The van der Waals surface area contributed by atoms with Crippen LogP contribution in [0.5, 0.6) is 0 Å². The van der Waals surface area contributed by atoms with Gasteiger partial charge in [-0.2, -0.15) is 0 Å². The Morgan fingerprint density at radius 2 is 1.62 bits per heavy atom. The molecule has 2 rings (SSSR count). The van der Waals surface area contributed by atoms with E-state index in [9.17, 15) is 13.2 Å². The molecule has 128 valence electrons. The molecule has 0 aliphatic carbocycles. The van der Waals surface area contributed by atoms with Crippen molar-refractivity contribution in [3.05, 3.63) is 65.7 Å². The van der Waals surface area contributed by atoms with E-state index in [1.165, 1.54) is 12.1 Å². The second-order valence-corrected chi connectivity index (χ2v) is 7.75. The van der Waals surface area contributed by atoms with Crippen LogP contribution in [0, 0.1) is 0 Å². The Labute approximate surface area is 142 Å². The molecule has 0 aromatic heterocycles. The van der Waals surface area contributed by atoms with Crippen LogP contribution in [0.3, 0.4) is 0 Å². The number of rotatable bonds is 6. The number of hydrogen-bond acceptors (Lipinski definition) is 3. The topological polar surface area (TPSA) is 89.3 Å². The number of carbonyl (C=O) groups is 1. The fourth-order valence-electron chi connectivity index (χ4n) is 2.37. The van der Waals surface area contributed by atoms with Gasteiger partial charge in [0.25, 0.3) is 0 Å². The van der Waals surface area contributed by atoms with E-state index in [1.807, 2.05) is 44.2 Å². The Morgan fingerprint density at radius 1 is 1.04 bits per heavy atom. The molecule has 1 amide bonds. The highest BCUT2D eigenvalue weighted by Gasteiger charge is 2.28. The Kier molecular flexibility index (Phi) is 5.41. The summed E-state index contributed by atoms with van der Waals surface area (Å²) in [4.78, 5) is 12.5. The number of nitrogens with one attached hydrogen (secondary N) is 1. The molecule has 0 aliphatic heterocycles. The highest BCUT2D eigenvalue weighted by Crippen LogP contribution is 2.22. The Hall–Kier alpha value is -2.18. The molecule has 0 bridgehead atoms. The zero-order valence-corrected chi connectivity index (χ0v) is 14.6. The van der Waals surface area contributed by atoms with Crippen molar-refractivity contribution in [3.63, 3.8) is 0 Å². The molecule has 3 N–H and O–H groups in total. The van der Waals surface area contributed by atoms with E-state index in [2.05, 4.69) is 5.32 Å². The normalized spacial score (nSPS) is 12.0. The lowest BCUT2D eigenvalue weighted by Crippen LogP contribution is -2.40. The molecule has 24 heavy (non-hydrogen) atoms.